The summed E-state index contributed by atoms with van der Waals surface area (Å²) < 4.78 is 52.2. The minimum Gasteiger partial charge on any atom is -0.314 e. The molecule has 1 atom stereocenters. The maximum absolute atomic E-state index is 13.5. The van der Waals surface area contributed by atoms with Crippen LogP contribution in [0.2, 0.25) is 0 Å². The van der Waals surface area contributed by atoms with Crippen molar-refractivity contribution in [3.63, 3.8) is 0 Å². The summed E-state index contributed by atoms with van der Waals surface area (Å²) in [5.74, 6) is -1.23. The zero-order valence-corrected chi connectivity index (χ0v) is 12.5. The predicted octanol–water partition coefficient (Wildman–Crippen LogP) is 3.76. The quantitative estimate of drug-likeness (QED) is 0.672. The van der Waals surface area contributed by atoms with Gasteiger partial charge in [0, 0.05) is 32.2 Å². The molecule has 22 heavy (non-hydrogen) atoms. The largest absolute Gasteiger partial charge is 0.419 e. The Morgan fingerprint density at radius 1 is 1.32 bits per heavy atom. The number of benzene rings is 1. The standard InChI is InChI=1S/C16H20F4N2/c1-11(2)9-15(22-7-5-21-6-8-22)12-3-4-14(17)13(10-12)16(18,19)20/h3-4,10,15,21H,1,5-9H2,2H3/t15-/m0/s1. The Balaban J connectivity index is 2.36. The van der Waals surface area contributed by atoms with Crippen LogP contribution < -0.4 is 5.32 Å². The molecule has 1 saturated heterocycles. The summed E-state index contributed by atoms with van der Waals surface area (Å²) in [6, 6.07) is 3.08. The maximum Gasteiger partial charge on any atom is 0.419 e. The van der Waals surface area contributed by atoms with Gasteiger partial charge >= 0.3 is 6.18 Å². The SMILES string of the molecule is C=C(C)C[C@@H](c1ccc(F)c(C(F)(F)F)c1)N1CCNCC1. The van der Waals surface area contributed by atoms with Crippen LogP contribution in [0.25, 0.3) is 0 Å². The molecule has 1 heterocycles. The van der Waals surface area contributed by atoms with Gasteiger partial charge in [-0.05, 0) is 31.0 Å². The van der Waals surface area contributed by atoms with Gasteiger partial charge in [0.2, 0.25) is 0 Å². The van der Waals surface area contributed by atoms with E-state index < -0.39 is 17.6 Å². The molecular weight excluding hydrogens is 296 g/mol. The third-order valence-corrected chi connectivity index (χ3v) is 3.81. The van der Waals surface area contributed by atoms with Crippen LogP contribution in [0.15, 0.2) is 30.4 Å². The molecule has 1 aromatic rings. The lowest BCUT2D eigenvalue weighted by Crippen LogP contribution is -2.45. The molecule has 0 radical (unpaired) electrons. The number of nitrogens with one attached hydrogen (secondary N) is 1. The Morgan fingerprint density at radius 3 is 2.50 bits per heavy atom. The topological polar surface area (TPSA) is 15.3 Å². The van der Waals surface area contributed by atoms with Gasteiger partial charge in [0.25, 0.3) is 0 Å². The molecule has 1 fully saturated rings. The zero-order chi connectivity index (χ0) is 16.3. The maximum atomic E-state index is 13.5. The molecule has 0 amide bonds. The van der Waals surface area contributed by atoms with E-state index in [1.165, 1.54) is 6.07 Å². The highest BCUT2D eigenvalue weighted by atomic mass is 19.4. The normalized spacial score (nSPS) is 18.2. The molecule has 1 aromatic carbocycles. The van der Waals surface area contributed by atoms with Crippen molar-refractivity contribution in [1.82, 2.24) is 10.2 Å². The van der Waals surface area contributed by atoms with Gasteiger partial charge in [-0.15, -0.1) is 6.58 Å². The smallest absolute Gasteiger partial charge is 0.314 e. The number of halogens is 4. The van der Waals surface area contributed by atoms with Crippen molar-refractivity contribution in [2.75, 3.05) is 26.2 Å². The molecule has 2 nitrogen and oxygen atoms in total. The van der Waals surface area contributed by atoms with Crippen LogP contribution in [-0.2, 0) is 6.18 Å². The van der Waals surface area contributed by atoms with Crippen molar-refractivity contribution in [2.24, 2.45) is 0 Å². The van der Waals surface area contributed by atoms with Crippen molar-refractivity contribution >= 4 is 0 Å². The molecule has 0 aromatic heterocycles. The fourth-order valence-corrected chi connectivity index (χ4v) is 2.75. The van der Waals surface area contributed by atoms with Crippen LogP contribution in [0.3, 0.4) is 0 Å². The molecular formula is C16H20F4N2. The second-order valence-electron chi connectivity index (χ2n) is 5.70. The summed E-state index contributed by atoms with van der Waals surface area (Å²) in [7, 11) is 0. The van der Waals surface area contributed by atoms with E-state index in [2.05, 4.69) is 16.8 Å². The van der Waals surface area contributed by atoms with Gasteiger partial charge in [-0.3, -0.25) is 4.90 Å². The van der Waals surface area contributed by atoms with Gasteiger partial charge in [0.05, 0.1) is 5.56 Å². The van der Waals surface area contributed by atoms with E-state index in [1.54, 1.807) is 0 Å². The number of hydrogen-bond donors (Lipinski definition) is 1. The van der Waals surface area contributed by atoms with E-state index in [0.717, 1.165) is 43.9 Å². The molecule has 1 aliphatic rings. The number of rotatable bonds is 4. The highest BCUT2D eigenvalue weighted by Gasteiger charge is 2.35. The Labute approximate surface area is 127 Å². The molecule has 0 unspecified atom stereocenters. The molecule has 1 N–H and O–H groups in total. The third-order valence-electron chi connectivity index (χ3n) is 3.81. The minimum atomic E-state index is -4.68. The number of alkyl halides is 3. The summed E-state index contributed by atoms with van der Waals surface area (Å²) >= 11 is 0. The molecule has 0 spiro atoms. The van der Waals surface area contributed by atoms with Crippen LogP contribution >= 0.6 is 0 Å². The summed E-state index contributed by atoms with van der Waals surface area (Å²) in [4.78, 5) is 2.12. The van der Waals surface area contributed by atoms with Crippen molar-refractivity contribution < 1.29 is 17.6 Å². The molecule has 122 valence electrons. The second-order valence-corrected chi connectivity index (χ2v) is 5.70. The molecule has 0 bridgehead atoms. The molecule has 0 aliphatic carbocycles. The second kappa shape index (κ2) is 6.79. The molecule has 2 rings (SSSR count). The van der Waals surface area contributed by atoms with E-state index in [9.17, 15) is 17.6 Å². The van der Waals surface area contributed by atoms with Gasteiger partial charge in [0.15, 0.2) is 0 Å². The van der Waals surface area contributed by atoms with E-state index in [0.29, 0.717) is 12.0 Å². The van der Waals surface area contributed by atoms with E-state index in [4.69, 9.17) is 0 Å². The van der Waals surface area contributed by atoms with Crippen LogP contribution in [0.4, 0.5) is 17.6 Å². The average molecular weight is 316 g/mol. The first kappa shape index (κ1) is 17.0. The first-order valence-corrected chi connectivity index (χ1v) is 7.25. The Morgan fingerprint density at radius 2 is 1.95 bits per heavy atom. The fourth-order valence-electron chi connectivity index (χ4n) is 2.75. The van der Waals surface area contributed by atoms with Crippen molar-refractivity contribution in [2.45, 2.75) is 25.6 Å². The van der Waals surface area contributed by atoms with Gasteiger partial charge < -0.3 is 5.32 Å². The average Bonchev–Trinajstić information content (AvgIpc) is 2.45. The number of nitrogens with zero attached hydrogens (tertiary/aromatic N) is 1. The third kappa shape index (κ3) is 4.08. The van der Waals surface area contributed by atoms with Crippen LogP contribution in [0.5, 0.6) is 0 Å². The highest BCUT2D eigenvalue weighted by Crippen LogP contribution is 2.35. The number of hydrogen-bond acceptors (Lipinski definition) is 2. The summed E-state index contributed by atoms with van der Waals surface area (Å²) in [6.45, 7) is 8.79. The van der Waals surface area contributed by atoms with Gasteiger partial charge in [-0.2, -0.15) is 13.2 Å². The highest BCUT2D eigenvalue weighted by molar-refractivity contribution is 5.30. The van der Waals surface area contributed by atoms with Crippen LogP contribution in [0.1, 0.15) is 30.5 Å². The Hall–Kier alpha value is -1.40. The molecule has 6 heteroatoms. The first-order valence-electron chi connectivity index (χ1n) is 7.25. The van der Waals surface area contributed by atoms with E-state index in [-0.39, 0.29) is 6.04 Å². The van der Waals surface area contributed by atoms with Gasteiger partial charge in [-0.1, -0.05) is 11.6 Å². The van der Waals surface area contributed by atoms with Gasteiger partial charge in [-0.25, -0.2) is 4.39 Å². The summed E-state index contributed by atoms with van der Waals surface area (Å²) in [5, 5.41) is 3.22. The Kier molecular flexibility index (Phi) is 5.24. The van der Waals surface area contributed by atoms with Crippen LogP contribution in [0, 0.1) is 5.82 Å². The van der Waals surface area contributed by atoms with Gasteiger partial charge in [0.1, 0.15) is 5.82 Å². The van der Waals surface area contributed by atoms with Crippen LogP contribution in [-0.4, -0.2) is 31.1 Å². The molecule has 0 saturated carbocycles. The summed E-state index contributed by atoms with van der Waals surface area (Å²) in [6.07, 6.45) is -4.12. The monoisotopic (exact) mass is 316 g/mol. The Bertz CT molecular complexity index is 533. The lowest BCUT2D eigenvalue weighted by molar-refractivity contribution is -0.140. The lowest BCUT2D eigenvalue weighted by atomic mass is 9.96. The minimum absolute atomic E-state index is 0.207. The first-order chi connectivity index (χ1) is 10.3. The van der Waals surface area contributed by atoms with Crippen molar-refractivity contribution in [3.8, 4) is 0 Å². The van der Waals surface area contributed by atoms with Crippen molar-refractivity contribution in [3.05, 3.63) is 47.3 Å². The number of piperazine rings is 1. The zero-order valence-electron chi connectivity index (χ0n) is 12.5. The van der Waals surface area contributed by atoms with E-state index in [1.807, 2.05) is 6.92 Å². The van der Waals surface area contributed by atoms with E-state index >= 15 is 0 Å². The fraction of sp³-hybridized carbons (Fsp3) is 0.500. The summed E-state index contributed by atoms with van der Waals surface area (Å²) in [5.41, 5.74) is 0.173. The van der Waals surface area contributed by atoms with Crippen molar-refractivity contribution in [1.29, 1.82) is 0 Å². The lowest BCUT2D eigenvalue weighted by Gasteiger charge is -2.35. The predicted molar refractivity (Wildman–Crippen MR) is 78.0 cm³/mol. The molecule has 1 aliphatic heterocycles.